The summed E-state index contributed by atoms with van der Waals surface area (Å²) in [5.74, 6) is -0.318. The Hall–Kier alpha value is -2.73. The van der Waals surface area contributed by atoms with E-state index in [9.17, 15) is 14.9 Å². The number of carbonyl (C=O) groups excluding carboxylic acids is 1. The summed E-state index contributed by atoms with van der Waals surface area (Å²) in [6.45, 7) is 4.88. The molecule has 0 radical (unpaired) electrons. The van der Waals surface area contributed by atoms with Crippen LogP contribution in [0, 0.1) is 16.0 Å². The van der Waals surface area contributed by atoms with Gasteiger partial charge in [-0.05, 0) is 37.0 Å². The molecule has 0 saturated heterocycles. The number of hydrogen-bond acceptors (Lipinski definition) is 5. The Kier molecular flexibility index (Phi) is 7.29. The highest BCUT2D eigenvalue weighted by atomic mass is 16.6. The monoisotopic (exact) mass is 357 g/mol. The van der Waals surface area contributed by atoms with Gasteiger partial charge in [-0.15, -0.1) is 0 Å². The first-order valence-corrected chi connectivity index (χ1v) is 8.61. The normalized spacial score (nSPS) is 13.0. The molecule has 0 aromatic heterocycles. The Bertz CT molecular complexity index is 715. The topological polar surface area (TPSA) is 78.7 Å². The number of rotatable bonds is 9. The molecule has 2 rings (SSSR count). The van der Waals surface area contributed by atoms with Crippen LogP contribution >= 0.6 is 0 Å². The molecular weight excluding hydrogens is 334 g/mol. The Morgan fingerprint density at radius 1 is 1.12 bits per heavy atom. The zero-order valence-electron chi connectivity index (χ0n) is 15.0. The molecule has 0 heterocycles. The zero-order valence-corrected chi connectivity index (χ0v) is 15.0. The Balaban J connectivity index is 1.88. The van der Waals surface area contributed by atoms with E-state index in [1.54, 1.807) is 0 Å². The quantitative estimate of drug-likeness (QED) is 0.373. The summed E-state index contributed by atoms with van der Waals surface area (Å²) in [6.07, 6.45) is 0.595. The van der Waals surface area contributed by atoms with E-state index in [2.05, 4.69) is 6.92 Å². The average Bonchev–Trinajstić information content (AvgIpc) is 2.66. The number of nitrogens with zero attached hydrogens (tertiary/aromatic N) is 1. The number of nitro groups is 1. The van der Waals surface area contributed by atoms with Gasteiger partial charge in [0.2, 0.25) is 0 Å². The van der Waals surface area contributed by atoms with Gasteiger partial charge in [-0.1, -0.05) is 37.3 Å². The van der Waals surface area contributed by atoms with Gasteiger partial charge in [-0.25, -0.2) is 4.79 Å². The summed E-state index contributed by atoms with van der Waals surface area (Å²) in [7, 11) is 0. The first-order chi connectivity index (χ1) is 12.5. The van der Waals surface area contributed by atoms with Crippen LogP contribution in [-0.4, -0.2) is 24.1 Å². The molecule has 2 aromatic carbocycles. The first-order valence-electron chi connectivity index (χ1n) is 8.61. The van der Waals surface area contributed by atoms with Crippen molar-refractivity contribution in [2.45, 2.75) is 26.4 Å². The van der Waals surface area contributed by atoms with Crippen molar-refractivity contribution in [1.82, 2.24) is 0 Å². The van der Waals surface area contributed by atoms with Crippen LogP contribution in [0.4, 0.5) is 5.69 Å². The summed E-state index contributed by atoms with van der Waals surface area (Å²) in [5.41, 5.74) is 1.34. The molecule has 138 valence electrons. The minimum Gasteiger partial charge on any atom is -0.462 e. The number of carbonyl (C=O) groups is 1. The number of ether oxygens (including phenoxy) is 2. The van der Waals surface area contributed by atoms with Crippen molar-refractivity contribution in [2.24, 2.45) is 5.92 Å². The molecule has 0 unspecified atom stereocenters. The fourth-order valence-electron chi connectivity index (χ4n) is 2.70. The van der Waals surface area contributed by atoms with Crippen molar-refractivity contribution in [1.29, 1.82) is 0 Å². The molecule has 0 aliphatic heterocycles. The van der Waals surface area contributed by atoms with E-state index in [1.165, 1.54) is 24.3 Å². The third kappa shape index (κ3) is 5.39. The van der Waals surface area contributed by atoms with Crippen LogP contribution in [0.25, 0.3) is 0 Å². The molecule has 0 bridgehead atoms. The van der Waals surface area contributed by atoms with Gasteiger partial charge < -0.3 is 9.47 Å². The van der Waals surface area contributed by atoms with E-state index >= 15 is 0 Å². The molecule has 26 heavy (non-hydrogen) atoms. The van der Waals surface area contributed by atoms with Gasteiger partial charge in [0.05, 0.1) is 23.2 Å². The van der Waals surface area contributed by atoms with Crippen LogP contribution in [0.3, 0.4) is 0 Å². The number of hydrogen-bond donors (Lipinski definition) is 0. The highest BCUT2D eigenvalue weighted by Crippen LogP contribution is 2.28. The second-order valence-corrected chi connectivity index (χ2v) is 5.99. The van der Waals surface area contributed by atoms with Crippen molar-refractivity contribution in [3.05, 3.63) is 75.8 Å². The summed E-state index contributed by atoms with van der Waals surface area (Å²) < 4.78 is 11.2. The maximum atomic E-state index is 12.0. The number of nitro benzene ring substituents is 1. The van der Waals surface area contributed by atoms with Crippen molar-refractivity contribution in [2.75, 3.05) is 13.2 Å². The third-order valence-electron chi connectivity index (χ3n) is 4.11. The molecule has 0 amide bonds. The predicted molar refractivity (Wildman–Crippen MR) is 98.0 cm³/mol. The molecule has 0 N–H and O–H groups in total. The summed E-state index contributed by atoms with van der Waals surface area (Å²) in [5, 5.41) is 10.6. The van der Waals surface area contributed by atoms with Crippen molar-refractivity contribution < 1.29 is 19.2 Å². The highest BCUT2D eigenvalue weighted by Gasteiger charge is 2.20. The van der Waals surface area contributed by atoms with Crippen LogP contribution in [0.15, 0.2) is 54.6 Å². The smallest absolute Gasteiger partial charge is 0.338 e. The second-order valence-electron chi connectivity index (χ2n) is 5.99. The fraction of sp³-hybridized carbons (Fsp3) is 0.350. The lowest BCUT2D eigenvalue weighted by Gasteiger charge is -2.24. The van der Waals surface area contributed by atoms with Gasteiger partial charge >= 0.3 is 5.97 Å². The van der Waals surface area contributed by atoms with Gasteiger partial charge in [0.25, 0.3) is 5.69 Å². The Morgan fingerprint density at radius 2 is 1.77 bits per heavy atom. The summed E-state index contributed by atoms with van der Waals surface area (Å²) in [6, 6.07) is 15.3. The van der Waals surface area contributed by atoms with Crippen LogP contribution in [0.1, 0.15) is 42.3 Å². The third-order valence-corrected chi connectivity index (χ3v) is 4.11. The highest BCUT2D eigenvalue weighted by molar-refractivity contribution is 5.89. The second kappa shape index (κ2) is 9.68. The molecule has 0 aliphatic carbocycles. The molecule has 6 nitrogen and oxygen atoms in total. The first kappa shape index (κ1) is 19.6. The van der Waals surface area contributed by atoms with Gasteiger partial charge in [0.15, 0.2) is 0 Å². The molecule has 0 saturated carbocycles. The molecular formula is C20H23NO5. The van der Waals surface area contributed by atoms with Gasteiger partial charge in [0, 0.05) is 18.7 Å². The minimum atomic E-state index is -0.506. The van der Waals surface area contributed by atoms with Crippen molar-refractivity contribution in [3.63, 3.8) is 0 Å². The van der Waals surface area contributed by atoms with E-state index < -0.39 is 10.9 Å². The molecule has 6 heteroatoms. The summed E-state index contributed by atoms with van der Waals surface area (Å²) >= 11 is 0. The standard InChI is InChI=1S/C20H23NO5/c1-3-25-19(16-7-5-4-6-8-16)15(2)13-14-26-20(22)17-9-11-18(12-10-17)21(23)24/h4-12,15,19H,3,13-14H2,1-2H3/t15-,19-/m1/s1. The lowest BCUT2D eigenvalue weighted by atomic mass is 9.94. The number of esters is 1. The summed E-state index contributed by atoms with van der Waals surface area (Å²) in [4.78, 5) is 22.2. The average molecular weight is 357 g/mol. The van der Waals surface area contributed by atoms with Crippen LogP contribution in [-0.2, 0) is 9.47 Å². The number of non-ortho nitro benzene ring substituents is 1. The molecule has 2 aromatic rings. The fourth-order valence-corrected chi connectivity index (χ4v) is 2.70. The maximum Gasteiger partial charge on any atom is 0.338 e. The molecule has 0 aliphatic rings. The SMILES string of the molecule is CCO[C@@H](c1ccccc1)[C@H](C)CCOC(=O)c1ccc([N+](=O)[O-])cc1. The zero-order chi connectivity index (χ0) is 18.9. The van der Waals surface area contributed by atoms with E-state index in [0.29, 0.717) is 18.6 Å². The molecule has 0 spiro atoms. The molecule has 2 atom stereocenters. The van der Waals surface area contributed by atoms with Crippen LogP contribution in [0.5, 0.6) is 0 Å². The predicted octanol–water partition coefficient (Wildman–Crippen LogP) is 4.56. The van der Waals surface area contributed by atoms with E-state index in [1.807, 2.05) is 37.3 Å². The Morgan fingerprint density at radius 3 is 2.35 bits per heavy atom. The Labute approximate surface area is 152 Å². The lowest BCUT2D eigenvalue weighted by Crippen LogP contribution is -2.17. The maximum absolute atomic E-state index is 12.0. The van der Waals surface area contributed by atoms with E-state index in [-0.39, 0.29) is 24.3 Å². The lowest BCUT2D eigenvalue weighted by molar-refractivity contribution is -0.384. The van der Waals surface area contributed by atoms with Crippen LogP contribution in [0.2, 0.25) is 0 Å². The number of benzene rings is 2. The van der Waals surface area contributed by atoms with Crippen molar-refractivity contribution in [3.8, 4) is 0 Å². The van der Waals surface area contributed by atoms with Gasteiger partial charge in [-0.3, -0.25) is 10.1 Å². The minimum absolute atomic E-state index is 0.0562. The molecule has 0 fully saturated rings. The van der Waals surface area contributed by atoms with Crippen LogP contribution < -0.4 is 0 Å². The van der Waals surface area contributed by atoms with Gasteiger partial charge in [-0.2, -0.15) is 0 Å². The largest absolute Gasteiger partial charge is 0.462 e. The van der Waals surface area contributed by atoms with E-state index in [4.69, 9.17) is 9.47 Å². The van der Waals surface area contributed by atoms with Gasteiger partial charge in [0.1, 0.15) is 0 Å². The van der Waals surface area contributed by atoms with Crippen molar-refractivity contribution >= 4 is 11.7 Å². The van der Waals surface area contributed by atoms with E-state index in [0.717, 1.165) is 5.56 Å².